The highest BCUT2D eigenvalue weighted by atomic mass is 15.0. The minimum Gasteiger partial charge on any atom is -0.309 e. The molecule has 40 heavy (non-hydrogen) atoms. The summed E-state index contributed by atoms with van der Waals surface area (Å²) in [5.41, 5.74) is 9.95. The van der Waals surface area contributed by atoms with Crippen molar-refractivity contribution in [3.63, 3.8) is 0 Å². The van der Waals surface area contributed by atoms with Crippen molar-refractivity contribution < 1.29 is 0 Å². The summed E-state index contributed by atoms with van der Waals surface area (Å²) in [6.45, 7) is 0. The first-order valence-electron chi connectivity index (χ1n) is 13.4. The zero-order chi connectivity index (χ0) is 26.6. The Bertz CT molecular complexity index is 2260. The van der Waals surface area contributed by atoms with Gasteiger partial charge in [-0.3, -0.25) is 0 Å². The van der Waals surface area contributed by atoms with Crippen LogP contribution in [0.25, 0.3) is 66.1 Å². The Morgan fingerprint density at radius 1 is 0.450 bits per heavy atom. The smallest absolute Gasteiger partial charge is 0.0991 e. The topological polar surface area (TPSA) is 33.6 Å². The van der Waals surface area contributed by atoms with Crippen molar-refractivity contribution >= 4 is 43.6 Å². The van der Waals surface area contributed by atoms with Crippen LogP contribution in [0.2, 0.25) is 0 Å². The van der Waals surface area contributed by atoms with Crippen LogP contribution in [0, 0.1) is 11.3 Å². The van der Waals surface area contributed by atoms with E-state index in [1.54, 1.807) is 0 Å². The van der Waals surface area contributed by atoms with E-state index in [4.69, 9.17) is 0 Å². The normalized spacial score (nSPS) is 11.5. The first kappa shape index (κ1) is 22.4. The molecule has 0 radical (unpaired) electrons. The first-order valence-corrected chi connectivity index (χ1v) is 13.4. The molecular formula is C37H23N3. The van der Waals surface area contributed by atoms with Crippen LogP contribution in [0.15, 0.2) is 140 Å². The number of fused-ring (bicyclic) bond motifs is 6. The highest BCUT2D eigenvalue weighted by Gasteiger charge is 2.18. The van der Waals surface area contributed by atoms with E-state index in [1.807, 2.05) is 24.3 Å². The van der Waals surface area contributed by atoms with Crippen molar-refractivity contribution in [3.05, 3.63) is 145 Å². The predicted octanol–water partition coefficient (Wildman–Crippen LogP) is 9.42. The maximum atomic E-state index is 9.30. The molecule has 8 aromatic rings. The van der Waals surface area contributed by atoms with Crippen molar-refractivity contribution in [2.24, 2.45) is 0 Å². The molecule has 0 saturated heterocycles. The average Bonchev–Trinajstić information content (AvgIpc) is 3.54. The zero-order valence-electron chi connectivity index (χ0n) is 21.6. The minimum absolute atomic E-state index is 0.661. The van der Waals surface area contributed by atoms with Crippen molar-refractivity contribution in [1.29, 1.82) is 5.26 Å². The molecule has 0 fully saturated rings. The van der Waals surface area contributed by atoms with E-state index in [0.717, 1.165) is 22.4 Å². The van der Waals surface area contributed by atoms with Crippen LogP contribution in [0.4, 0.5) is 0 Å². The van der Waals surface area contributed by atoms with E-state index in [1.165, 1.54) is 43.7 Å². The SMILES string of the molecule is N#Cc1ccc(-n2c3ccccc3c3cc(-c4cccc5c6ccccc6n(-c6ccccc6)c45)ccc32)cc1. The highest BCUT2D eigenvalue weighted by Crippen LogP contribution is 2.40. The van der Waals surface area contributed by atoms with E-state index < -0.39 is 0 Å². The maximum Gasteiger partial charge on any atom is 0.0991 e. The summed E-state index contributed by atoms with van der Waals surface area (Å²) in [4.78, 5) is 0. The molecule has 0 amide bonds. The summed E-state index contributed by atoms with van der Waals surface area (Å²) < 4.78 is 4.68. The van der Waals surface area contributed by atoms with E-state index in [9.17, 15) is 5.26 Å². The largest absolute Gasteiger partial charge is 0.309 e. The molecule has 3 nitrogen and oxygen atoms in total. The summed E-state index contributed by atoms with van der Waals surface area (Å²) >= 11 is 0. The maximum absolute atomic E-state index is 9.30. The molecule has 0 atom stereocenters. The van der Waals surface area contributed by atoms with Crippen molar-refractivity contribution in [3.8, 4) is 28.6 Å². The van der Waals surface area contributed by atoms with Crippen LogP contribution in [0.1, 0.15) is 5.56 Å². The molecular weight excluding hydrogens is 486 g/mol. The van der Waals surface area contributed by atoms with Crippen LogP contribution >= 0.6 is 0 Å². The average molecular weight is 510 g/mol. The summed E-state index contributed by atoms with van der Waals surface area (Å²) in [6, 6.07) is 51.3. The number of hydrogen-bond acceptors (Lipinski definition) is 1. The van der Waals surface area contributed by atoms with Crippen LogP contribution in [0.3, 0.4) is 0 Å². The number of hydrogen-bond donors (Lipinski definition) is 0. The fraction of sp³-hybridized carbons (Fsp3) is 0. The number of nitrogens with zero attached hydrogens (tertiary/aromatic N) is 3. The van der Waals surface area contributed by atoms with E-state index in [-0.39, 0.29) is 0 Å². The van der Waals surface area contributed by atoms with E-state index in [2.05, 4.69) is 130 Å². The van der Waals surface area contributed by atoms with Crippen LogP contribution in [0.5, 0.6) is 0 Å². The van der Waals surface area contributed by atoms with Crippen LogP contribution < -0.4 is 0 Å². The fourth-order valence-electron chi connectivity index (χ4n) is 6.20. The Kier molecular flexibility index (Phi) is 4.89. The molecule has 6 aromatic carbocycles. The molecule has 2 aromatic heterocycles. The summed E-state index contributed by atoms with van der Waals surface area (Å²) in [5.74, 6) is 0. The molecule has 0 aliphatic heterocycles. The Morgan fingerprint density at radius 3 is 1.80 bits per heavy atom. The molecule has 0 bridgehead atoms. The second-order valence-electron chi connectivity index (χ2n) is 10.1. The third-order valence-corrected chi connectivity index (χ3v) is 7.95. The molecule has 0 spiro atoms. The quantitative estimate of drug-likeness (QED) is 0.233. The molecule has 2 heterocycles. The monoisotopic (exact) mass is 509 g/mol. The van der Waals surface area contributed by atoms with Gasteiger partial charge in [-0.1, -0.05) is 78.9 Å². The van der Waals surface area contributed by atoms with Gasteiger partial charge in [-0.2, -0.15) is 5.26 Å². The highest BCUT2D eigenvalue weighted by molar-refractivity contribution is 6.15. The number of nitriles is 1. The van der Waals surface area contributed by atoms with Gasteiger partial charge < -0.3 is 9.13 Å². The number of benzene rings is 6. The second-order valence-corrected chi connectivity index (χ2v) is 10.1. The molecule has 0 aliphatic carbocycles. The van der Waals surface area contributed by atoms with Gasteiger partial charge >= 0.3 is 0 Å². The van der Waals surface area contributed by atoms with Gasteiger partial charge in [-0.05, 0) is 66.2 Å². The van der Waals surface area contributed by atoms with Crippen molar-refractivity contribution in [1.82, 2.24) is 9.13 Å². The van der Waals surface area contributed by atoms with Gasteiger partial charge in [0.2, 0.25) is 0 Å². The lowest BCUT2D eigenvalue weighted by atomic mass is 10.00. The Morgan fingerprint density at radius 2 is 1.05 bits per heavy atom. The van der Waals surface area contributed by atoms with Crippen molar-refractivity contribution in [2.75, 3.05) is 0 Å². The summed E-state index contributed by atoms with van der Waals surface area (Å²) in [7, 11) is 0. The molecule has 8 rings (SSSR count). The standard InChI is InChI=1S/C37H23N3/c38-24-25-17-20-28(21-18-25)39-34-15-6-5-12-31(34)33-23-26(19-22-36(33)39)29-13-8-14-32-30-11-4-7-16-35(30)40(37(29)32)27-9-2-1-3-10-27/h1-23H. The van der Waals surface area contributed by atoms with Gasteiger partial charge in [0.15, 0.2) is 0 Å². The van der Waals surface area contributed by atoms with Gasteiger partial charge in [0.1, 0.15) is 0 Å². The minimum atomic E-state index is 0.661. The Labute approximate surface area is 231 Å². The zero-order valence-corrected chi connectivity index (χ0v) is 21.6. The first-order chi connectivity index (χ1) is 19.8. The lowest BCUT2D eigenvalue weighted by Gasteiger charge is -2.12. The molecule has 0 unspecified atom stereocenters. The Balaban J connectivity index is 1.43. The molecule has 0 aliphatic rings. The van der Waals surface area contributed by atoms with Crippen LogP contribution in [-0.4, -0.2) is 9.13 Å². The third-order valence-electron chi connectivity index (χ3n) is 7.95. The third kappa shape index (κ3) is 3.24. The summed E-state index contributed by atoms with van der Waals surface area (Å²) in [5, 5.41) is 14.2. The van der Waals surface area contributed by atoms with E-state index >= 15 is 0 Å². The summed E-state index contributed by atoms with van der Waals surface area (Å²) in [6.07, 6.45) is 0. The van der Waals surface area contributed by atoms with Gasteiger partial charge in [0.05, 0.1) is 33.7 Å². The fourth-order valence-corrected chi connectivity index (χ4v) is 6.20. The van der Waals surface area contributed by atoms with Gasteiger partial charge in [-0.15, -0.1) is 0 Å². The second kappa shape index (κ2) is 8.73. The molecule has 3 heteroatoms. The van der Waals surface area contributed by atoms with Gasteiger partial charge in [0.25, 0.3) is 0 Å². The molecule has 186 valence electrons. The number of para-hydroxylation sites is 4. The predicted molar refractivity (Wildman–Crippen MR) is 165 cm³/mol. The molecule has 0 saturated carbocycles. The number of rotatable bonds is 3. The van der Waals surface area contributed by atoms with E-state index in [0.29, 0.717) is 5.56 Å². The van der Waals surface area contributed by atoms with Gasteiger partial charge in [0, 0.05) is 38.5 Å². The van der Waals surface area contributed by atoms with Crippen LogP contribution in [-0.2, 0) is 0 Å². The Hall–Kier alpha value is -5.59. The lowest BCUT2D eigenvalue weighted by molar-refractivity contribution is 1.18. The number of aromatic nitrogens is 2. The van der Waals surface area contributed by atoms with Crippen molar-refractivity contribution in [2.45, 2.75) is 0 Å². The lowest BCUT2D eigenvalue weighted by Crippen LogP contribution is -1.95. The van der Waals surface area contributed by atoms with Gasteiger partial charge in [-0.25, -0.2) is 0 Å². The molecule has 0 N–H and O–H groups in total.